The summed E-state index contributed by atoms with van der Waals surface area (Å²) >= 11 is 0. The number of hydrogen-bond donors (Lipinski definition) is 2. The number of aliphatic carboxylic acids is 1. The van der Waals surface area contributed by atoms with Crippen LogP contribution in [-0.2, 0) is 4.79 Å². The van der Waals surface area contributed by atoms with Crippen LogP contribution in [0.15, 0.2) is 42.5 Å². The molecule has 1 aliphatic heterocycles. The van der Waals surface area contributed by atoms with Crippen molar-refractivity contribution in [1.82, 2.24) is 4.90 Å². The predicted molar refractivity (Wildman–Crippen MR) is 113 cm³/mol. The van der Waals surface area contributed by atoms with Gasteiger partial charge < -0.3 is 14.9 Å². The Kier molecular flexibility index (Phi) is 5.99. The van der Waals surface area contributed by atoms with Gasteiger partial charge >= 0.3 is 12.1 Å². The highest BCUT2D eigenvalue weighted by atomic mass is 19.1. The van der Waals surface area contributed by atoms with Gasteiger partial charge in [-0.1, -0.05) is 24.3 Å². The van der Waals surface area contributed by atoms with Gasteiger partial charge in [-0.05, 0) is 61.3 Å². The van der Waals surface area contributed by atoms with E-state index in [1.807, 2.05) is 0 Å². The van der Waals surface area contributed by atoms with Gasteiger partial charge in [0.1, 0.15) is 23.7 Å². The SMILES string of the molecule is N#Cc1ccc(-c2ccccc2F)cc1O[C@H]1CC[C@H]2CN(C(=O)O)[C@H](C(=O)O)C[C@H]2C1. The minimum atomic E-state index is -1.21. The summed E-state index contributed by atoms with van der Waals surface area (Å²) in [5.74, 6) is -1.03. The van der Waals surface area contributed by atoms with Crippen molar-refractivity contribution >= 4 is 12.1 Å². The standard InChI is InChI=1S/C24H23FN2O5/c25-20-4-2-1-3-19(20)14-5-6-15(12-26)22(11-14)32-18-8-7-16-13-27(24(30)31)21(23(28)29)10-17(16)9-18/h1-6,11,16-18,21H,7-10,13H2,(H,28,29)(H,30,31)/t16-,17+,18-,21-/m0/s1. The lowest BCUT2D eigenvalue weighted by Crippen LogP contribution is -2.54. The molecule has 32 heavy (non-hydrogen) atoms. The van der Waals surface area contributed by atoms with Crippen molar-refractivity contribution in [2.45, 2.75) is 37.8 Å². The monoisotopic (exact) mass is 438 g/mol. The molecule has 1 heterocycles. The van der Waals surface area contributed by atoms with Crippen LogP contribution in [0.4, 0.5) is 9.18 Å². The van der Waals surface area contributed by atoms with E-state index in [4.69, 9.17) is 4.74 Å². The fourth-order valence-corrected chi connectivity index (χ4v) is 4.91. The Morgan fingerprint density at radius 3 is 2.56 bits per heavy atom. The minimum absolute atomic E-state index is 0.0192. The summed E-state index contributed by atoms with van der Waals surface area (Å²) in [6.45, 7) is 0.204. The van der Waals surface area contributed by atoms with Crippen molar-refractivity contribution < 1.29 is 28.9 Å². The molecule has 4 atom stereocenters. The molecule has 0 bridgehead atoms. The molecule has 1 saturated heterocycles. The number of piperidine rings is 1. The van der Waals surface area contributed by atoms with E-state index in [2.05, 4.69) is 6.07 Å². The summed E-state index contributed by atoms with van der Waals surface area (Å²) in [5, 5.41) is 28.3. The zero-order valence-corrected chi connectivity index (χ0v) is 17.3. The van der Waals surface area contributed by atoms with Crippen LogP contribution < -0.4 is 4.74 Å². The Morgan fingerprint density at radius 2 is 1.88 bits per heavy atom. The second-order valence-corrected chi connectivity index (χ2v) is 8.40. The van der Waals surface area contributed by atoms with Crippen LogP contribution in [0.5, 0.6) is 5.75 Å². The second-order valence-electron chi connectivity index (χ2n) is 8.40. The fraction of sp³-hybridized carbons (Fsp3) is 0.375. The van der Waals surface area contributed by atoms with E-state index in [-0.39, 0.29) is 36.7 Å². The van der Waals surface area contributed by atoms with Gasteiger partial charge in [0, 0.05) is 12.1 Å². The number of carbonyl (C=O) groups is 2. The van der Waals surface area contributed by atoms with Gasteiger partial charge in [0.05, 0.1) is 11.7 Å². The van der Waals surface area contributed by atoms with Crippen molar-refractivity contribution in [2.24, 2.45) is 11.8 Å². The first-order valence-corrected chi connectivity index (χ1v) is 10.6. The Morgan fingerprint density at radius 1 is 1.09 bits per heavy atom. The molecule has 0 radical (unpaired) electrons. The molecule has 2 aliphatic rings. The zero-order valence-electron chi connectivity index (χ0n) is 17.3. The lowest BCUT2D eigenvalue weighted by Gasteiger charge is -2.45. The highest BCUT2D eigenvalue weighted by Gasteiger charge is 2.44. The number of likely N-dealkylation sites (tertiary alicyclic amines) is 1. The Balaban J connectivity index is 1.53. The molecule has 2 aromatic carbocycles. The van der Waals surface area contributed by atoms with E-state index >= 15 is 0 Å². The smallest absolute Gasteiger partial charge is 0.408 e. The van der Waals surface area contributed by atoms with E-state index in [9.17, 15) is 29.5 Å². The maximum atomic E-state index is 14.2. The van der Waals surface area contributed by atoms with Crippen LogP contribution in [0.3, 0.4) is 0 Å². The van der Waals surface area contributed by atoms with E-state index in [1.54, 1.807) is 36.4 Å². The van der Waals surface area contributed by atoms with Crippen molar-refractivity contribution in [3.8, 4) is 22.9 Å². The van der Waals surface area contributed by atoms with E-state index in [0.717, 1.165) is 4.90 Å². The van der Waals surface area contributed by atoms with Crippen LogP contribution in [0.25, 0.3) is 11.1 Å². The molecule has 166 valence electrons. The highest BCUT2D eigenvalue weighted by Crippen LogP contribution is 2.41. The number of fused-ring (bicyclic) bond motifs is 1. The summed E-state index contributed by atoms with van der Waals surface area (Å²) in [6.07, 6.45) is 0.757. The number of halogens is 1. The quantitative estimate of drug-likeness (QED) is 0.734. The predicted octanol–water partition coefficient (Wildman–Crippen LogP) is 4.36. The van der Waals surface area contributed by atoms with Crippen LogP contribution in [0.2, 0.25) is 0 Å². The van der Waals surface area contributed by atoms with E-state index in [1.165, 1.54) is 6.07 Å². The first-order valence-electron chi connectivity index (χ1n) is 10.6. The van der Waals surface area contributed by atoms with Crippen molar-refractivity contribution in [1.29, 1.82) is 5.26 Å². The number of hydrogen-bond acceptors (Lipinski definition) is 4. The van der Waals surface area contributed by atoms with Gasteiger partial charge in [-0.3, -0.25) is 4.90 Å². The van der Waals surface area contributed by atoms with Gasteiger partial charge in [-0.25, -0.2) is 14.0 Å². The molecule has 1 amide bonds. The van der Waals surface area contributed by atoms with Crippen molar-refractivity contribution in [2.75, 3.05) is 6.54 Å². The molecule has 8 heteroatoms. The number of ether oxygens (including phenoxy) is 1. The number of rotatable bonds is 4. The van der Waals surface area contributed by atoms with Crippen LogP contribution in [-0.4, -0.2) is 45.9 Å². The summed E-state index contributed by atoms with van der Waals surface area (Å²) in [7, 11) is 0. The van der Waals surface area contributed by atoms with Crippen LogP contribution in [0, 0.1) is 29.0 Å². The zero-order chi connectivity index (χ0) is 22.8. The number of nitriles is 1. The van der Waals surface area contributed by atoms with Gasteiger partial charge in [0.2, 0.25) is 0 Å². The molecule has 2 fully saturated rings. The molecule has 1 aliphatic carbocycles. The number of carboxylic acid groups (broad SMARTS) is 2. The van der Waals surface area contributed by atoms with Crippen LogP contribution >= 0.6 is 0 Å². The van der Waals surface area contributed by atoms with Gasteiger partial charge in [-0.15, -0.1) is 0 Å². The summed E-state index contributed by atoms with van der Waals surface area (Å²) in [4.78, 5) is 24.1. The highest BCUT2D eigenvalue weighted by molar-refractivity contribution is 5.79. The Hall–Kier alpha value is -3.60. The molecule has 0 aromatic heterocycles. The Labute approximate surface area is 184 Å². The first kappa shape index (κ1) is 21.6. The molecule has 0 spiro atoms. The minimum Gasteiger partial charge on any atom is -0.489 e. The first-order chi connectivity index (χ1) is 15.4. The maximum Gasteiger partial charge on any atom is 0.408 e. The summed E-state index contributed by atoms with van der Waals surface area (Å²) in [6, 6.07) is 12.4. The lowest BCUT2D eigenvalue weighted by molar-refractivity contribution is -0.146. The second kappa shape index (κ2) is 8.87. The molecule has 7 nitrogen and oxygen atoms in total. The van der Waals surface area contributed by atoms with E-state index < -0.39 is 18.1 Å². The van der Waals surface area contributed by atoms with Crippen molar-refractivity contribution in [3.05, 3.63) is 53.8 Å². The van der Waals surface area contributed by atoms with Crippen molar-refractivity contribution in [3.63, 3.8) is 0 Å². The molecule has 2 N–H and O–H groups in total. The van der Waals surface area contributed by atoms with Gasteiger partial charge in [0.25, 0.3) is 0 Å². The number of amides is 1. The number of carboxylic acids is 1. The number of nitrogens with zero attached hydrogens (tertiary/aromatic N) is 2. The van der Waals surface area contributed by atoms with Gasteiger partial charge in [0.15, 0.2) is 0 Å². The lowest BCUT2D eigenvalue weighted by atomic mass is 9.72. The maximum absolute atomic E-state index is 14.2. The van der Waals surface area contributed by atoms with Gasteiger partial charge in [-0.2, -0.15) is 5.26 Å². The topological polar surface area (TPSA) is 111 Å². The summed E-state index contributed by atoms with van der Waals surface area (Å²) < 4.78 is 20.4. The average molecular weight is 438 g/mol. The largest absolute Gasteiger partial charge is 0.489 e. The normalized spacial score (nSPS) is 24.8. The molecule has 2 aromatic rings. The van der Waals surface area contributed by atoms with Crippen LogP contribution in [0.1, 0.15) is 31.2 Å². The molecule has 4 rings (SSSR count). The number of benzene rings is 2. The summed E-state index contributed by atoms with van der Waals surface area (Å²) in [5.41, 5.74) is 1.36. The Bertz CT molecular complexity index is 1080. The fourth-order valence-electron chi connectivity index (χ4n) is 4.91. The third-order valence-corrected chi connectivity index (χ3v) is 6.54. The van der Waals surface area contributed by atoms with E-state index in [0.29, 0.717) is 41.7 Å². The molecule has 1 saturated carbocycles. The molecule has 0 unspecified atom stereocenters. The third kappa shape index (κ3) is 4.24. The molecular weight excluding hydrogens is 415 g/mol. The molecular formula is C24H23FN2O5. The third-order valence-electron chi connectivity index (χ3n) is 6.54. The average Bonchev–Trinajstić information content (AvgIpc) is 2.78.